The molecule has 1 unspecified atom stereocenters. The molecule has 2 aromatic carbocycles. The molecule has 0 fully saturated rings. The van der Waals surface area contributed by atoms with E-state index in [4.69, 9.17) is 0 Å². The van der Waals surface area contributed by atoms with Crippen LogP contribution in [0.2, 0.25) is 0 Å². The number of hydrogen-bond donors (Lipinski definition) is 1. The number of para-hydroxylation sites is 2. The predicted octanol–water partition coefficient (Wildman–Crippen LogP) is 3.66. The van der Waals surface area contributed by atoms with Gasteiger partial charge in [-0.3, -0.25) is 19.7 Å². The normalized spacial score (nSPS) is 15.5. The summed E-state index contributed by atoms with van der Waals surface area (Å²) in [5, 5.41) is 14.1. The summed E-state index contributed by atoms with van der Waals surface area (Å²) in [7, 11) is 3.27. The summed E-state index contributed by atoms with van der Waals surface area (Å²) in [6, 6.07) is 17.4. The SMILES string of the molecule is CNC(=O)CN1c2ccccc2C(=O)N(C)C1c1ccc(-c2ccccc2[N+](=O)[O-])s1. The summed E-state index contributed by atoms with van der Waals surface area (Å²) >= 11 is 1.37. The third-order valence-corrected chi connectivity index (χ3v) is 6.43. The molecular formula is C22H20N4O4S. The highest BCUT2D eigenvalue weighted by atomic mass is 32.1. The van der Waals surface area contributed by atoms with Crippen LogP contribution in [0.1, 0.15) is 21.4 Å². The number of nitrogens with zero attached hydrogens (tertiary/aromatic N) is 3. The molecule has 2 amide bonds. The van der Waals surface area contributed by atoms with Gasteiger partial charge in [0.1, 0.15) is 6.17 Å². The molecule has 4 rings (SSSR count). The van der Waals surface area contributed by atoms with E-state index in [1.54, 1.807) is 49.3 Å². The first-order chi connectivity index (χ1) is 14.9. The second-order valence-corrected chi connectivity index (χ2v) is 8.20. The number of amides is 2. The first kappa shape index (κ1) is 20.5. The van der Waals surface area contributed by atoms with Crippen LogP contribution in [0.4, 0.5) is 11.4 Å². The Morgan fingerprint density at radius 1 is 1.10 bits per heavy atom. The second kappa shape index (κ2) is 8.19. The Labute approximate surface area is 182 Å². The number of likely N-dealkylation sites (N-methyl/N-ethyl adjacent to an activating group) is 1. The molecule has 158 valence electrons. The number of thiophene rings is 1. The molecule has 1 N–H and O–H groups in total. The van der Waals surface area contributed by atoms with Crippen LogP contribution in [-0.2, 0) is 4.79 Å². The molecule has 8 nitrogen and oxygen atoms in total. The minimum atomic E-state index is -0.513. The first-order valence-electron chi connectivity index (χ1n) is 9.59. The van der Waals surface area contributed by atoms with Crippen LogP contribution in [0.25, 0.3) is 10.4 Å². The van der Waals surface area contributed by atoms with Gasteiger partial charge in [0.2, 0.25) is 5.91 Å². The highest BCUT2D eigenvalue weighted by Gasteiger charge is 2.38. The van der Waals surface area contributed by atoms with Crippen molar-refractivity contribution >= 4 is 34.5 Å². The van der Waals surface area contributed by atoms with Gasteiger partial charge in [-0.25, -0.2) is 0 Å². The van der Waals surface area contributed by atoms with Crippen LogP contribution >= 0.6 is 11.3 Å². The summed E-state index contributed by atoms with van der Waals surface area (Å²) in [4.78, 5) is 41.4. The van der Waals surface area contributed by atoms with Crippen LogP contribution in [0.5, 0.6) is 0 Å². The Kier molecular flexibility index (Phi) is 5.43. The smallest absolute Gasteiger partial charge is 0.278 e. The van der Waals surface area contributed by atoms with E-state index < -0.39 is 11.1 Å². The van der Waals surface area contributed by atoms with Crippen molar-refractivity contribution in [2.75, 3.05) is 25.5 Å². The molecule has 0 bridgehead atoms. The van der Waals surface area contributed by atoms with E-state index in [-0.39, 0.29) is 24.0 Å². The highest BCUT2D eigenvalue weighted by molar-refractivity contribution is 7.15. The molecule has 1 aliphatic heterocycles. The van der Waals surface area contributed by atoms with Gasteiger partial charge in [-0.1, -0.05) is 24.3 Å². The van der Waals surface area contributed by atoms with Gasteiger partial charge in [0.25, 0.3) is 11.6 Å². The lowest BCUT2D eigenvalue weighted by atomic mass is 10.0. The van der Waals surface area contributed by atoms with Crippen LogP contribution in [-0.4, -0.2) is 42.3 Å². The maximum Gasteiger partial charge on any atom is 0.278 e. The van der Waals surface area contributed by atoms with Crippen molar-refractivity contribution in [2.24, 2.45) is 0 Å². The van der Waals surface area contributed by atoms with Crippen molar-refractivity contribution in [3.05, 3.63) is 81.2 Å². The quantitative estimate of drug-likeness (QED) is 0.486. The number of carbonyl (C=O) groups excluding carboxylic acids is 2. The molecule has 0 aliphatic carbocycles. The lowest BCUT2D eigenvalue weighted by molar-refractivity contribution is -0.384. The number of nitrogens with one attached hydrogen (secondary N) is 1. The maximum absolute atomic E-state index is 13.0. The fourth-order valence-electron chi connectivity index (χ4n) is 3.77. The average Bonchev–Trinajstić information content (AvgIpc) is 3.26. The Morgan fingerprint density at radius 2 is 1.77 bits per heavy atom. The number of nitro groups is 1. The number of rotatable bonds is 5. The van der Waals surface area contributed by atoms with Crippen molar-refractivity contribution < 1.29 is 14.5 Å². The van der Waals surface area contributed by atoms with E-state index >= 15 is 0 Å². The largest absolute Gasteiger partial charge is 0.358 e. The summed E-state index contributed by atoms with van der Waals surface area (Å²) < 4.78 is 0. The zero-order valence-corrected chi connectivity index (χ0v) is 17.8. The molecule has 1 atom stereocenters. The van der Waals surface area contributed by atoms with Gasteiger partial charge in [0, 0.05) is 29.9 Å². The fourth-order valence-corrected chi connectivity index (χ4v) is 4.97. The lowest BCUT2D eigenvalue weighted by Gasteiger charge is -2.43. The topological polar surface area (TPSA) is 95.8 Å². The Morgan fingerprint density at radius 3 is 2.48 bits per heavy atom. The molecule has 1 aliphatic rings. The van der Waals surface area contributed by atoms with Gasteiger partial charge in [0.15, 0.2) is 0 Å². The Bertz CT molecular complexity index is 1180. The maximum atomic E-state index is 13.0. The predicted molar refractivity (Wildman–Crippen MR) is 119 cm³/mol. The van der Waals surface area contributed by atoms with E-state index in [1.165, 1.54) is 17.4 Å². The van der Waals surface area contributed by atoms with Crippen molar-refractivity contribution in [1.29, 1.82) is 0 Å². The van der Waals surface area contributed by atoms with Crippen molar-refractivity contribution in [3.8, 4) is 10.4 Å². The Hall–Kier alpha value is -3.72. The van der Waals surface area contributed by atoms with Crippen LogP contribution in [0, 0.1) is 10.1 Å². The van der Waals surface area contributed by atoms with Gasteiger partial charge in [-0.2, -0.15) is 0 Å². The number of anilines is 1. The number of fused-ring (bicyclic) bond motifs is 1. The first-order valence-corrected chi connectivity index (χ1v) is 10.4. The average molecular weight is 436 g/mol. The van der Waals surface area contributed by atoms with Gasteiger partial charge in [-0.05, 0) is 30.3 Å². The van der Waals surface area contributed by atoms with E-state index in [0.29, 0.717) is 16.8 Å². The standard InChI is InChI=1S/C22H20N4O4S/c1-23-20(27)13-25-16-9-5-4-8-15(16)22(28)24(2)21(25)19-12-11-18(31-19)14-7-3-6-10-17(14)26(29)30/h3-12,21H,13H2,1-2H3,(H,23,27). The van der Waals surface area contributed by atoms with Crippen molar-refractivity contribution in [1.82, 2.24) is 10.2 Å². The molecule has 0 spiro atoms. The molecule has 0 saturated heterocycles. The van der Waals surface area contributed by atoms with E-state index in [1.807, 2.05) is 29.2 Å². The summed E-state index contributed by atoms with van der Waals surface area (Å²) in [5.74, 6) is -0.326. The molecule has 2 heterocycles. The zero-order valence-electron chi connectivity index (χ0n) is 16.9. The molecule has 0 radical (unpaired) electrons. The third-order valence-electron chi connectivity index (χ3n) is 5.27. The highest BCUT2D eigenvalue weighted by Crippen LogP contribution is 2.43. The molecule has 9 heteroatoms. The minimum Gasteiger partial charge on any atom is -0.358 e. The van der Waals surface area contributed by atoms with E-state index in [9.17, 15) is 19.7 Å². The second-order valence-electron chi connectivity index (χ2n) is 7.08. The van der Waals surface area contributed by atoms with Gasteiger partial charge >= 0.3 is 0 Å². The third kappa shape index (κ3) is 3.64. The zero-order chi connectivity index (χ0) is 22.1. The molecule has 0 saturated carbocycles. The fraction of sp³-hybridized carbons (Fsp3) is 0.182. The number of benzene rings is 2. The molecule has 3 aromatic rings. The molecule has 1 aromatic heterocycles. The van der Waals surface area contributed by atoms with Crippen LogP contribution in [0.15, 0.2) is 60.7 Å². The summed E-state index contributed by atoms with van der Waals surface area (Å²) in [6.45, 7) is 0.0640. The lowest BCUT2D eigenvalue weighted by Crippen LogP contribution is -2.50. The van der Waals surface area contributed by atoms with Crippen LogP contribution < -0.4 is 10.2 Å². The minimum absolute atomic E-state index is 0.0246. The van der Waals surface area contributed by atoms with Crippen molar-refractivity contribution in [2.45, 2.75) is 6.17 Å². The van der Waals surface area contributed by atoms with E-state index in [2.05, 4.69) is 5.32 Å². The number of hydrogen-bond acceptors (Lipinski definition) is 6. The van der Waals surface area contributed by atoms with Gasteiger partial charge in [-0.15, -0.1) is 11.3 Å². The Balaban J connectivity index is 1.80. The summed E-state index contributed by atoms with van der Waals surface area (Å²) in [6.07, 6.45) is -0.513. The van der Waals surface area contributed by atoms with Crippen LogP contribution in [0.3, 0.4) is 0 Å². The molecular weight excluding hydrogens is 416 g/mol. The summed E-state index contributed by atoms with van der Waals surface area (Å²) in [5.41, 5.74) is 1.75. The van der Waals surface area contributed by atoms with Crippen molar-refractivity contribution in [3.63, 3.8) is 0 Å². The molecule has 31 heavy (non-hydrogen) atoms. The monoisotopic (exact) mass is 436 g/mol. The van der Waals surface area contributed by atoms with E-state index in [0.717, 1.165) is 9.75 Å². The van der Waals surface area contributed by atoms with Gasteiger partial charge in [0.05, 0.1) is 28.3 Å². The number of nitro benzene ring substituents is 1. The number of carbonyl (C=O) groups is 2. The van der Waals surface area contributed by atoms with Gasteiger partial charge < -0.3 is 15.1 Å².